The Morgan fingerprint density at radius 1 is 1.27 bits per heavy atom. The lowest BCUT2D eigenvalue weighted by molar-refractivity contribution is -0.127. The summed E-state index contributed by atoms with van der Waals surface area (Å²) in [4.78, 5) is 19.8. The van der Waals surface area contributed by atoms with Gasteiger partial charge in [-0.2, -0.15) is 0 Å². The van der Waals surface area contributed by atoms with Crippen molar-refractivity contribution < 1.29 is 9.90 Å². The summed E-state index contributed by atoms with van der Waals surface area (Å²) in [6, 6.07) is 7.00. The Morgan fingerprint density at radius 3 is 2.70 bits per heavy atom. The van der Waals surface area contributed by atoms with Crippen LogP contribution in [0.5, 0.6) is 5.75 Å². The Bertz CT molecular complexity index is 937. The molecule has 0 saturated carbocycles. The Balaban J connectivity index is 1.97. The van der Waals surface area contributed by atoms with E-state index < -0.39 is 0 Å². The van der Waals surface area contributed by atoms with Crippen LogP contribution in [0.3, 0.4) is 0 Å². The van der Waals surface area contributed by atoms with E-state index in [1.165, 1.54) is 0 Å². The number of phenolic OH excluding ortho intramolecular Hbond substituents is 1. The number of nitrogens with two attached hydrogens (primary N) is 1. The number of rotatable bonds is 6. The maximum absolute atomic E-state index is 13.2. The molecule has 1 amide bonds. The minimum atomic E-state index is -0.177. The molecule has 3 rings (SSSR count). The van der Waals surface area contributed by atoms with Crippen LogP contribution in [0.1, 0.15) is 45.1 Å². The molecule has 30 heavy (non-hydrogen) atoms. The number of benzene rings is 1. The van der Waals surface area contributed by atoms with Crippen LogP contribution in [0.25, 0.3) is 5.57 Å². The Kier molecular flexibility index (Phi) is 7.17. The van der Waals surface area contributed by atoms with Gasteiger partial charge in [0.25, 0.3) is 0 Å². The van der Waals surface area contributed by atoms with Crippen LogP contribution in [-0.4, -0.2) is 40.9 Å². The summed E-state index contributed by atoms with van der Waals surface area (Å²) in [5.74, 6) is 6.00. The SMILES string of the molecule is CCCN(CCC)C(=O)C1=CC2=CC=C(c3cccc(O)c3)CC2N=C(N=NN)C1. The molecule has 158 valence electrons. The summed E-state index contributed by atoms with van der Waals surface area (Å²) < 4.78 is 0. The van der Waals surface area contributed by atoms with E-state index in [1.807, 2.05) is 35.3 Å². The van der Waals surface area contributed by atoms with Gasteiger partial charge in [0.1, 0.15) is 5.75 Å². The predicted molar refractivity (Wildman–Crippen MR) is 119 cm³/mol. The topological polar surface area (TPSA) is 104 Å². The van der Waals surface area contributed by atoms with E-state index in [-0.39, 0.29) is 17.7 Å². The van der Waals surface area contributed by atoms with Crippen LogP contribution in [0.4, 0.5) is 0 Å². The monoisotopic (exact) mass is 407 g/mol. The van der Waals surface area contributed by atoms with Gasteiger partial charge in [0.2, 0.25) is 5.91 Å². The zero-order valence-electron chi connectivity index (χ0n) is 17.6. The average molecular weight is 408 g/mol. The van der Waals surface area contributed by atoms with Crippen molar-refractivity contribution in [3.63, 3.8) is 0 Å². The molecular formula is C23H29N5O2. The van der Waals surface area contributed by atoms with E-state index >= 15 is 0 Å². The van der Waals surface area contributed by atoms with Crippen LogP contribution >= 0.6 is 0 Å². The number of carbonyl (C=O) groups excluding carboxylic acids is 1. The highest BCUT2D eigenvalue weighted by molar-refractivity contribution is 6.01. The van der Waals surface area contributed by atoms with Gasteiger partial charge >= 0.3 is 0 Å². The normalized spacial score (nSPS) is 18.7. The van der Waals surface area contributed by atoms with Gasteiger partial charge in [0, 0.05) is 25.1 Å². The molecular weight excluding hydrogens is 378 g/mol. The molecule has 1 aromatic rings. The van der Waals surface area contributed by atoms with E-state index in [4.69, 9.17) is 10.8 Å². The van der Waals surface area contributed by atoms with Gasteiger partial charge in [-0.15, -0.1) is 5.11 Å². The van der Waals surface area contributed by atoms with Gasteiger partial charge in [-0.25, -0.2) is 0 Å². The van der Waals surface area contributed by atoms with Crippen molar-refractivity contribution in [1.29, 1.82) is 0 Å². The number of amidine groups is 1. The third kappa shape index (κ3) is 5.03. The molecule has 1 aliphatic heterocycles. The molecule has 1 heterocycles. The first-order chi connectivity index (χ1) is 14.5. The lowest BCUT2D eigenvalue weighted by Crippen LogP contribution is -2.34. The van der Waals surface area contributed by atoms with Crippen LogP contribution in [0.2, 0.25) is 0 Å². The van der Waals surface area contributed by atoms with E-state index in [0.29, 0.717) is 24.3 Å². The van der Waals surface area contributed by atoms with Gasteiger partial charge in [-0.1, -0.05) is 43.4 Å². The molecule has 7 nitrogen and oxygen atoms in total. The largest absolute Gasteiger partial charge is 0.508 e. The van der Waals surface area contributed by atoms with Gasteiger partial charge in [0.15, 0.2) is 5.84 Å². The average Bonchev–Trinajstić information content (AvgIpc) is 2.92. The summed E-state index contributed by atoms with van der Waals surface area (Å²) in [5.41, 5.74) is 3.64. The summed E-state index contributed by atoms with van der Waals surface area (Å²) in [6.07, 6.45) is 8.73. The number of carbonyl (C=O) groups is 1. The smallest absolute Gasteiger partial charge is 0.250 e. The molecule has 1 aromatic carbocycles. The fourth-order valence-corrected chi connectivity index (χ4v) is 3.86. The lowest BCUT2D eigenvalue weighted by Gasteiger charge is -2.23. The van der Waals surface area contributed by atoms with Crippen LogP contribution in [-0.2, 0) is 4.79 Å². The molecule has 3 N–H and O–H groups in total. The first-order valence-electron chi connectivity index (χ1n) is 10.4. The van der Waals surface area contributed by atoms with Crippen LogP contribution < -0.4 is 5.84 Å². The second-order valence-electron chi connectivity index (χ2n) is 7.53. The third-order valence-electron chi connectivity index (χ3n) is 5.21. The second-order valence-corrected chi connectivity index (χ2v) is 7.53. The molecule has 0 aromatic heterocycles. The fourth-order valence-electron chi connectivity index (χ4n) is 3.86. The fraction of sp³-hybridized carbons (Fsp3) is 0.391. The van der Waals surface area contributed by atoms with Gasteiger partial charge in [-0.3, -0.25) is 9.79 Å². The molecule has 1 aliphatic carbocycles. The van der Waals surface area contributed by atoms with E-state index in [0.717, 1.165) is 42.6 Å². The van der Waals surface area contributed by atoms with Gasteiger partial charge < -0.3 is 15.8 Å². The predicted octanol–water partition coefficient (Wildman–Crippen LogP) is 4.18. The van der Waals surface area contributed by atoms with E-state index in [2.05, 4.69) is 24.2 Å². The lowest BCUT2D eigenvalue weighted by atomic mass is 9.89. The molecule has 7 heteroatoms. The summed E-state index contributed by atoms with van der Waals surface area (Å²) in [6.45, 7) is 5.58. The number of allylic oxidation sites excluding steroid dienone is 2. The first kappa shape index (κ1) is 21.5. The summed E-state index contributed by atoms with van der Waals surface area (Å²) in [5, 5.41) is 17.2. The molecule has 0 saturated heterocycles. The minimum Gasteiger partial charge on any atom is -0.508 e. The Morgan fingerprint density at radius 2 is 2.03 bits per heavy atom. The van der Waals surface area contributed by atoms with Crippen LogP contribution in [0.15, 0.2) is 69.0 Å². The highest BCUT2D eigenvalue weighted by atomic mass is 16.3. The van der Waals surface area contributed by atoms with Crippen molar-refractivity contribution in [2.45, 2.75) is 45.6 Å². The number of aromatic hydroxyl groups is 1. The van der Waals surface area contributed by atoms with Crippen molar-refractivity contribution in [2.75, 3.05) is 13.1 Å². The second kappa shape index (κ2) is 10.0. The highest BCUT2D eigenvalue weighted by Crippen LogP contribution is 2.33. The number of aliphatic imine (C=N–C) groups is 1. The quantitative estimate of drug-likeness (QED) is 0.420. The minimum absolute atomic E-state index is 0.0166. The zero-order chi connectivity index (χ0) is 21.5. The van der Waals surface area contributed by atoms with Crippen molar-refractivity contribution in [3.05, 3.63) is 59.2 Å². The molecule has 2 aliphatic rings. The summed E-state index contributed by atoms with van der Waals surface area (Å²) in [7, 11) is 0. The Labute approximate surface area is 177 Å². The number of hydrogen-bond acceptors (Lipinski definition) is 5. The number of amides is 1. The molecule has 0 spiro atoms. The van der Waals surface area contributed by atoms with E-state index in [9.17, 15) is 9.90 Å². The van der Waals surface area contributed by atoms with Crippen LogP contribution in [0, 0.1) is 0 Å². The molecule has 1 atom stereocenters. The van der Waals surface area contributed by atoms with Crippen molar-refractivity contribution in [1.82, 2.24) is 4.90 Å². The molecule has 1 unspecified atom stereocenters. The number of nitrogens with zero attached hydrogens (tertiary/aromatic N) is 4. The number of phenols is 1. The van der Waals surface area contributed by atoms with Crippen molar-refractivity contribution in [2.24, 2.45) is 21.2 Å². The van der Waals surface area contributed by atoms with Gasteiger partial charge in [-0.05, 0) is 54.2 Å². The summed E-state index contributed by atoms with van der Waals surface area (Å²) >= 11 is 0. The van der Waals surface area contributed by atoms with Gasteiger partial charge in [0.05, 0.1) is 6.04 Å². The maximum atomic E-state index is 13.2. The number of fused-ring (bicyclic) bond motifs is 1. The highest BCUT2D eigenvalue weighted by Gasteiger charge is 2.27. The zero-order valence-corrected chi connectivity index (χ0v) is 17.6. The molecule has 0 radical (unpaired) electrons. The Hall–Kier alpha value is -3.22. The number of hydrogen-bond donors (Lipinski definition) is 2. The van der Waals surface area contributed by atoms with Crippen molar-refractivity contribution in [3.8, 4) is 5.75 Å². The third-order valence-corrected chi connectivity index (χ3v) is 5.21. The first-order valence-corrected chi connectivity index (χ1v) is 10.4. The maximum Gasteiger partial charge on any atom is 0.250 e. The molecule has 0 bridgehead atoms. The van der Waals surface area contributed by atoms with E-state index in [1.54, 1.807) is 12.1 Å². The van der Waals surface area contributed by atoms with Crippen molar-refractivity contribution >= 4 is 17.3 Å². The molecule has 0 fully saturated rings. The standard InChI is InChI=1S/C23H29N5O2/c1-3-10-28(11-4-2)23(30)19-12-18-9-8-17(16-6-5-7-20(29)13-16)14-21(18)25-22(15-19)26-27-24/h5-9,12-13,21,29H,3-4,10-11,14-15H2,1-2H3,(H2,24,25,26).